The predicted octanol–water partition coefficient (Wildman–Crippen LogP) is 3.97. The molecular weight excluding hydrogens is 381 g/mol. The van der Waals surface area contributed by atoms with Crippen LogP contribution < -0.4 is 4.90 Å². The molecule has 0 spiro atoms. The summed E-state index contributed by atoms with van der Waals surface area (Å²) in [7, 11) is 0. The van der Waals surface area contributed by atoms with Crippen molar-refractivity contribution in [1.29, 1.82) is 0 Å². The number of aryl methyl sites for hydroxylation is 1. The number of carbonyl (C=O) groups is 2. The first-order valence-electron chi connectivity index (χ1n) is 9.29. The third-order valence-corrected chi connectivity index (χ3v) is 5.38. The first-order chi connectivity index (χ1) is 13.3. The maximum absolute atomic E-state index is 14.4. The van der Waals surface area contributed by atoms with Gasteiger partial charge in [0.15, 0.2) is 11.6 Å². The number of halogens is 2. The second kappa shape index (κ2) is 8.27. The maximum atomic E-state index is 14.4. The number of piperazine rings is 1. The summed E-state index contributed by atoms with van der Waals surface area (Å²) in [5.74, 6) is -1.52. The van der Waals surface area contributed by atoms with Crippen LogP contribution in [0.3, 0.4) is 0 Å². The van der Waals surface area contributed by atoms with Gasteiger partial charge in [0.2, 0.25) is 5.91 Å². The van der Waals surface area contributed by atoms with E-state index in [-0.39, 0.29) is 35.1 Å². The van der Waals surface area contributed by atoms with E-state index in [0.29, 0.717) is 13.0 Å². The molecule has 5 nitrogen and oxygen atoms in total. The van der Waals surface area contributed by atoms with Crippen LogP contribution in [0.5, 0.6) is 0 Å². The highest BCUT2D eigenvalue weighted by Gasteiger charge is 2.43. The third kappa shape index (κ3) is 4.02. The predicted molar refractivity (Wildman–Crippen MR) is 107 cm³/mol. The van der Waals surface area contributed by atoms with Crippen molar-refractivity contribution in [3.63, 3.8) is 0 Å². The van der Waals surface area contributed by atoms with Gasteiger partial charge in [0, 0.05) is 12.7 Å². The fourth-order valence-corrected chi connectivity index (χ4v) is 3.53. The summed E-state index contributed by atoms with van der Waals surface area (Å²) in [5.41, 5.74) is 2.07. The summed E-state index contributed by atoms with van der Waals surface area (Å²) >= 11 is 5.77. The van der Waals surface area contributed by atoms with Crippen LogP contribution in [0.1, 0.15) is 31.4 Å². The molecule has 2 aromatic rings. The van der Waals surface area contributed by atoms with Crippen LogP contribution in [0.15, 0.2) is 36.5 Å². The highest BCUT2D eigenvalue weighted by Crippen LogP contribution is 2.28. The van der Waals surface area contributed by atoms with Gasteiger partial charge >= 0.3 is 0 Å². The molecule has 1 saturated heterocycles. The Labute approximate surface area is 169 Å². The van der Waals surface area contributed by atoms with Crippen molar-refractivity contribution in [2.75, 3.05) is 11.4 Å². The summed E-state index contributed by atoms with van der Waals surface area (Å²) in [6.45, 7) is 5.97. The number of carbonyl (C=O) groups excluding carboxylic acids is 2. The van der Waals surface area contributed by atoms with Gasteiger partial charge in [-0.25, -0.2) is 9.37 Å². The second-order valence-electron chi connectivity index (χ2n) is 7.22. The molecule has 1 aliphatic heterocycles. The molecule has 148 valence electrons. The van der Waals surface area contributed by atoms with Gasteiger partial charge in [-0.15, -0.1) is 0 Å². The van der Waals surface area contributed by atoms with Gasteiger partial charge in [0.25, 0.3) is 5.91 Å². The van der Waals surface area contributed by atoms with E-state index in [1.807, 2.05) is 45.0 Å². The molecule has 1 fully saturated rings. The fourth-order valence-electron chi connectivity index (χ4n) is 3.39. The van der Waals surface area contributed by atoms with Crippen LogP contribution in [0.25, 0.3) is 0 Å². The van der Waals surface area contributed by atoms with Crippen LogP contribution in [0.2, 0.25) is 5.02 Å². The van der Waals surface area contributed by atoms with Crippen LogP contribution in [0, 0.1) is 18.7 Å². The third-order valence-electron chi connectivity index (χ3n) is 5.17. The zero-order valence-electron chi connectivity index (χ0n) is 16.2. The Hall–Kier alpha value is -2.47. The molecule has 0 aliphatic carbocycles. The minimum Gasteiger partial charge on any atom is -0.324 e. The van der Waals surface area contributed by atoms with E-state index in [0.717, 1.165) is 22.1 Å². The second-order valence-corrected chi connectivity index (χ2v) is 7.66. The number of hydrogen-bond donors (Lipinski definition) is 0. The van der Waals surface area contributed by atoms with Gasteiger partial charge in [-0.05, 0) is 24.5 Å². The molecular formula is C21H23ClFN3O2. The molecule has 0 saturated carbocycles. The number of nitrogens with zero attached hydrogens (tertiary/aromatic N) is 3. The van der Waals surface area contributed by atoms with Gasteiger partial charge in [0.1, 0.15) is 12.6 Å². The number of anilines is 1. The van der Waals surface area contributed by atoms with Crippen molar-refractivity contribution in [2.45, 2.75) is 39.8 Å². The first kappa shape index (κ1) is 20.3. The summed E-state index contributed by atoms with van der Waals surface area (Å²) in [6.07, 6.45) is 1.98. The van der Waals surface area contributed by atoms with Crippen LogP contribution in [-0.2, 0) is 16.1 Å². The lowest BCUT2D eigenvalue weighted by atomic mass is 9.93. The average Bonchev–Trinajstić information content (AvgIpc) is 2.66. The Morgan fingerprint density at radius 1 is 1.29 bits per heavy atom. The van der Waals surface area contributed by atoms with E-state index >= 15 is 0 Å². The van der Waals surface area contributed by atoms with E-state index in [9.17, 15) is 14.0 Å². The van der Waals surface area contributed by atoms with E-state index in [1.54, 1.807) is 4.90 Å². The van der Waals surface area contributed by atoms with Gasteiger partial charge in [-0.1, -0.05) is 61.7 Å². The lowest BCUT2D eigenvalue weighted by molar-refractivity contribution is -0.146. The molecule has 2 atom stereocenters. The topological polar surface area (TPSA) is 53.5 Å². The molecule has 2 amide bonds. The number of hydrogen-bond acceptors (Lipinski definition) is 3. The van der Waals surface area contributed by atoms with Crippen LogP contribution in [0.4, 0.5) is 10.2 Å². The normalized spacial score (nSPS) is 18.5. The molecule has 7 heteroatoms. The zero-order valence-corrected chi connectivity index (χ0v) is 16.9. The largest absolute Gasteiger partial charge is 0.324 e. The van der Waals surface area contributed by atoms with Gasteiger partial charge in [0.05, 0.1) is 5.02 Å². The first-order valence-corrected chi connectivity index (χ1v) is 9.67. The standard InChI is InChI=1S/C21H23ClFN3O2/c1-4-14(3)19-21(28)26(20-17(23)9-16(22)10-24-20)12-18(27)25(19)11-15-7-5-13(2)6-8-15/h5-10,14,19H,4,11-12H2,1-3H3/t14-,19?/m0/s1. The minimum absolute atomic E-state index is 0.0833. The molecule has 1 aromatic carbocycles. The minimum atomic E-state index is -0.719. The zero-order chi connectivity index (χ0) is 20.4. The van der Waals surface area contributed by atoms with Crippen LogP contribution >= 0.6 is 11.6 Å². The highest BCUT2D eigenvalue weighted by atomic mass is 35.5. The molecule has 0 bridgehead atoms. The quantitative estimate of drug-likeness (QED) is 0.759. The SMILES string of the molecule is CC[C@H](C)C1C(=O)N(c2ncc(Cl)cc2F)CC(=O)N1Cc1ccc(C)cc1. The lowest BCUT2D eigenvalue weighted by Crippen LogP contribution is -2.62. The fraction of sp³-hybridized carbons (Fsp3) is 0.381. The highest BCUT2D eigenvalue weighted by molar-refractivity contribution is 6.30. The number of amides is 2. The molecule has 1 aromatic heterocycles. The molecule has 28 heavy (non-hydrogen) atoms. The van der Waals surface area contributed by atoms with E-state index < -0.39 is 11.9 Å². The van der Waals surface area contributed by atoms with E-state index in [4.69, 9.17) is 11.6 Å². The summed E-state index contributed by atoms with van der Waals surface area (Å²) in [6, 6.07) is 8.27. The van der Waals surface area contributed by atoms with Gasteiger partial charge in [-0.3, -0.25) is 14.5 Å². The van der Waals surface area contributed by atoms with Crippen LogP contribution in [-0.4, -0.2) is 34.3 Å². The van der Waals surface area contributed by atoms with Crippen molar-refractivity contribution >= 4 is 29.2 Å². The molecule has 0 radical (unpaired) electrons. The van der Waals surface area contributed by atoms with Crippen molar-refractivity contribution in [2.24, 2.45) is 5.92 Å². The Morgan fingerprint density at radius 3 is 2.57 bits per heavy atom. The Balaban J connectivity index is 1.94. The Morgan fingerprint density at radius 2 is 1.96 bits per heavy atom. The number of pyridine rings is 1. The Bertz CT molecular complexity index is 888. The monoisotopic (exact) mass is 403 g/mol. The summed E-state index contributed by atoms with van der Waals surface area (Å²) in [5, 5.41) is 0.136. The molecule has 1 unspecified atom stereocenters. The van der Waals surface area contributed by atoms with Crippen molar-refractivity contribution in [1.82, 2.24) is 9.88 Å². The van der Waals surface area contributed by atoms with Crippen molar-refractivity contribution in [3.8, 4) is 0 Å². The molecule has 2 heterocycles. The molecule has 3 rings (SSSR count). The summed E-state index contributed by atoms with van der Waals surface area (Å²) < 4.78 is 14.4. The Kier molecular flexibility index (Phi) is 5.98. The lowest BCUT2D eigenvalue weighted by Gasteiger charge is -2.42. The number of benzene rings is 1. The van der Waals surface area contributed by atoms with Gasteiger partial charge in [-0.2, -0.15) is 0 Å². The van der Waals surface area contributed by atoms with Crippen molar-refractivity contribution < 1.29 is 14.0 Å². The molecule has 0 N–H and O–H groups in total. The average molecular weight is 404 g/mol. The number of aromatic nitrogens is 1. The van der Waals surface area contributed by atoms with E-state index in [2.05, 4.69) is 4.98 Å². The summed E-state index contributed by atoms with van der Waals surface area (Å²) in [4.78, 5) is 32.9. The van der Waals surface area contributed by atoms with E-state index in [1.165, 1.54) is 6.20 Å². The number of rotatable bonds is 5. The van der Waals surface area contributed by atoms with Crippen molar-refractivity contribution in [3.05, 3.63) is 58.5 Å². The van der Waals surface area contributed by atoms with Gasteiger partial charge < -0.3 is 4.90 Å². The molecule has 1 aliphatic rings. The smallest absolute Gasteiger partial charge is 0.251 e. The maximum Gasteiger partial charge on any atom is 0.251 e.